The van der Waals surface area contributed by atoms with Crippen molar-refractivity contribution < 1.29 is 13.2 Å². The number of benzene rings is 1. The molecule has 2 rings (SSSR count). The third-order valence-electron chi connectivity index (χ3n) is 3.46. The third-order valence-corrected chi connectivity index (χ3v) is 5.75. The molecule has 0 saturated carbocycles. The number of carbonyl (C=O) groups excluding carboxylic acids is 1. The van der Waals surface area contributed by atoms with Gasteiger partial charge in [-0.1, -0.05) is 13.0 Å². The molecule has 0 atom stereocenters. The van der Waals surface area contributed by atoms with Crippen LogP contribution in [0.4, 0.5) is 0 Å². The molecule has 0 unspecified atom stereocenters. The molecule has 1 aromatic carbocycles. The minimum Gasteiger partial charge on any atom is -0.351 e. The Morgan fingerprint density at radius 2 is 1.81 bits per heavy atom. The quantitative estimate of drug-likeness (QED) is 0.518. The topological polar surface area (TPSA) is 87.3 Å². The van der Waals surface area contributed by atoms with E-state index >= 15 is 0 Å². The Kier molecular flexibility index (Phi) is 9.82. The standard InChI is InChI=1S/C17H23N3O3S2.ClH/c1-2-9-18-10-11-19-17(21)14-5-7-16(8-6-14)25(22,23)20-13-15-4-3-12-24-15;/h3-8,12,18,20H,2,9-11,13H2,1H3,(H,19,21);1H. The molecule has 0 fully saturated rings. The van der Waals surface area contributed by atoms with E-state index in [0.717, 1.165) is 17.8 Å². The normalized spacial score (nSPS) is 11.0. The number of hydrogen-bond acceptors (Lipinski definition) is 5. The minimum atomic E-state index is -3.59. The number of thiophene rings is 1. The van der Waals surface area contributed by atoms with E-state index in [1.165, 1.54) is 35.6 Å². The van der Waals surface area contributed by atoms with Crippen molar-refractivity contribution >= 4 is 39.7 Å². The molecule has 0 spiro atoms. The predicted octanol–water partition coefficient (Wildman–Crippen LogP) is 2.38. The van der Waals surface area contributed by atoms with Crippen molar-refractivity contribution in [3.8, 4) is 0 Å². The number of hydrogen-bond donors (Lipinski definition) is 3. The van der Waals surface area contributed by atoms with Gasteiger partial charge < -0.3 is 10.6 Å². The summed E-state index contributed by atoms with van der Waals surface area (Å²) in [6, 6.07) is 9.68. The van der Waals surface area contributed by atoms with Crippen LogP contribution in [0.2, 0.25) is 0 Å². The molecule has 0 radical (unpaired) electrons. The van der Waals surface area contributed by atoms with Gasteiger partial charge in [0.25, 0.3) is 5.91 Å². The molecule has 0 aliphatic rings. The van der Waals surface area contributed by atoms with Crippen LogP contribution in [0.15, 0.2) is 46.7 Å². The Morgan fingerprint density at radius 1 is 1.08 bits per heavy atom. The van der Waals surface area contributed by atoms with E-state index in [9.17, 15) is 13.2 Å². The number of halogens is 1. The molecular formula is C17H24ClN3O3S2. The number of sulfonamides is 1. The molecule has 0 bridgehead atoms. The summed E-state index contributed by atoms with van der Waals surface area (Å²) in [5.74, 6) is -0.214. The zero-order valence-electron chi connectivity index (χ0n) is 14.5. The largest absolute Gasteiger partial charge is 0.351 e. The molecule has 9 heteroatoms. The van der Waals surface area contributed by atoms with Crippen LogP contribution in [0.1, 0.15) is 28.6 Å². The highest BCUT2D eigenvalue weighted by atomic mass is 35.5. The van der Waals surface area contributed by atoms with Crippen molar-refractivity contribution in [2.45, 2.75) is 24.8 Å². The highest BCUT2D eigenvalue weighted by Gasteiger charge is 2.15. The van der Waals surface area contributed by atoms with Gasteiger partial charge in [0, 0.05) is 30.1 Å². The lowest BCUT2D eigenvalue weighted by Gasteiger charge is -2.08. The van der Waals surface area contributed by atoms with Crippen LogP contribution in [-0.4, -0.2) is 34.0 Å². The Morgan fingerprint density at radius 3 is 2.42 bits per heavy atom. The maximum atomic E-state index is 12.3. The summed E-state index contributed by atoms with van der Waals surface area (Å²) in [5, 5.41) is 7.89. The molecule has 1 aromatic heterocycles. The van der Waals surface area contributed by atoms with Crippen LogP contribution in [0.25, 0.3) is 0 Å². The van der Waals surface area contributed by atoms with Crippen molar-refractivity contribution in [3.63, 3.8) is 0 Å². The van der Waals surface area contributed by atoms with Crippen LogP contribution in [-0.2, 0) is 16.6 Å². The maximum Gasteiger partial charge on any atom is 0.251 e. The zero-order chi connectivity index (χ0) is 18.1. The van der Waals surface area contributed by atoms with Gasteiger partial charge in [0.1, 0.15) is 0 Å². The highest BCUT2D eigenvalue weighted by molar-refractivity contribution is 7.89. The van der Waals surface area contributed by atoms with E-state index in [2.05, 4.69) is 22.3 Å². The Labute approximate surface area is 164 Å². The van der Waals surface area contributed by atoms with E-state index in [1.807, 2.05) is 17.5 Å². The lowest BCUT2D eigenvalue weighted by Crippen LogP contribution is -2.32. The second-order valence-electron chi connectivity index (χ2n) is 5.43. The molecule has 0 saturated heterocycles. The SMILES string of the molecule is CCCNCCNC(=O)c1ccc(S(=O)(=O)NCc2cccs2)cc1.Cl. The van der Waals surface area contributed by atoms with E-state index < -0.39 is 10.0 Å². The smallest absolute Gasteiger partial charge is 0.251 e. The first-order valence-corrected chi connectivity index (χ1v) is 10.5. The van der Waals surface area contributed by atoms with Gasteiger partial charge in [0.15, 0.2) is 0 Å². The summed E-state index contributed by atoms with van der Waals surface area (Å²) < 4.78 is 27.1. The average molecular weight is 418 g/mol. The van der Waals surface area contributed by atoms with Gasteiger partial charge >= 0.3 is 0 Å². The molecule has 26 heavy (non-hydrogen) atoms. The van der Waals surface area contributed by atoms with Crippen molar-refractivity contribution in [1.29, 1.82) is 0 Å². The Hall–Kier alpha value is -1.45. The van der Waals surface area contributed by atoms with E-state index in [0.29, 0.717) is 18.7 Å². The number of carbonyl (C=O) groups is 1. The first kappa shape index (κ1) is 22.6. The van der Waals surface area contributed by atoms with Crippen LogP contribution < -0.4 is 15.4 Å². The molecule has 3 N–H and O–H groups in total. The van der Waals surface area contributed by atoms with Crippen molar-refractivity contribution in [2.24, 2.45) is 0 Å². The van der Waals surface area contributed by atoms with E-state index in [-0.39, 0.29) is 29.8 Å². The predicted molar refractivity (Wildman–Crippen MR) is 108 cm³/mol. The molecule has 0 aliphatic heterocycles. The summed E-state index contributed by atoms with van der Waals surface area (Å²) in [4.78, 5) is 13.1. The maximum absolute atomic E-state index is 12.3. The third kappa shape index (κ3) is 7.05. The first-order chi connectivity index (χ1) is 12.0. The van der Waals surface area contributed by atoms with Gasteiger partial charge in [-0.25, -0.2) is 13.1 Å². The average Bonchev–Trinajstić information content (AvgIpc) is 3.13. The summed E-state index contributed by atoms with van der Waals surface area (Å²) in [5.41, 5.74) is 0.438. The van der Waals surface area contributed by atoms with Crippen LogP contribution in [0.3, 0.4) is 0 Å². The second-order valence-corrected chi connectivity index (χ2v) is 8.23. The fourth-order valence-corrected chi connectivity index (χ4v) is 3.86. The molecule has 6 nitrogen and oxygen atoms in total. The summed E-state index contributed by atoms with van der Waals surface area (Å²) in [7, 11) is -3.59. The van der Waals surface area contributed by atoms with Gasteiger partial charge in [0.05, 0.1) is 4.90 Å². The van der Waals surface area contributed by atoms with E-state index in [1.54, 1.807) is 0 Å². The molecule has 1 heterocycles. The number of amides is 1. The van der Waals surface area contributed by atoms with Gasteiger partial charge in [-0.05, 0) is 48.7 Å². The Bertz CT molecular complexity index is 763. The monoisotopic (exact) mass is 417 g/mol. The van der Waals surface area contributed by atoms with Crippen molar-refractivity contribution in [2.75, 3.05) is 19.6 Å². The molecular weight excluding hydrogens is 394 g/mol. The summed E-state index contributed by atoms with van der Waals surface area (Å²) >= 11 is 1.49. The molecule has 1 amide bonds. The molecule has 0 aliphatic carbocycles. The van der Waals surface area contributed by atoms with Gasteiger partial charge in [-0.2, -0.15) is 0 Å². The van der Waals surface area contributed by atoms with Crippen molar-refractivity contribution in [1.82, 2.24) is 15.4 Å². The van der Waals surface area contributed by atoms with Crippen LogP contribution >= 0.6 is 23.7 Å². The fourth-order valence-electron chi connectivity index (χ4n) is 2.12. The Balaban J connectivity index is 0.00000338. The van der Waals surface area contributed by atoms with Crippen LogP contribution in [0, 0.1) is 0 Å². The van der Waals surface area contributed by atoms with Gasteiger partial charge in [0.2, 0.25) is 10.0 Å². The lowest BCUT2D eigenvalue weighted by atomic mass is 10.2. The van der Waals surface area contributed by atoms with Crippen LogP contribution in [0.5, 0.6) is 0 Å². The lowest BCUT2D eigenvalue weighted by molar-refractivity contribution is 0.0954. The van der Waals surface area contributed by atoms with Gasteiger partial charge in [-0.3, -0.25) is 4.79 Å². The number of nitrogens with one attached hydrogen (secondary N) is 3. The summed E-state index contributed by atoms with van der Waals surface area (Å²) in [6.45, 7) is 4.49. The zero-order valence-corrected chi connectivity index (χ0v) is 17.0. The fraction of sp³-hybridized carbons (Fsp3) is 0.353. The van der Waals surface area contributed by atoms with Crippen molar-refractivity contribution in [3.05, 3.63) is 52.2 Å². The minimum absolute atomic E-state index is 0. The molecule has 2 aromatic rings. The molecule has 144 valence electrons. The van der Waals surface area contributed by atoms with E-state index in [4.69, 9.17) is 0 Å². The summed E-state index contributed by atoms with van der Waals surface area (Å²) in [6.07, 6.45) is 1.05. The highest BCUT2D eigenvalue weighted by Crippen LogP contribution is 2.13. The van der Waals surface area contributed by atoms with Gasteiger partial charge in [-0.15, -0.1) is 23.7 Å². The first-order valence-electron chi connectivity index (χ1n) is 8.14. The number of rotatable bonds is 10. The second kappa shape index (κ2) is 11.3.